The number of likely N-dealkylation sites (tertiary alicyclic amines) is 1. The zero-order valence-corrected chi connectivity index (χ0v) is 14.8. The Kier molecular flexibility index (Phi) is 5.31. The maximum absolute atomic E-state index is 13.8. The molecule has 3 saturated heterocycles. The normalized spacial score (nSPS) is 27.8. The molecule has 0 aromatic carbocycles. The molecule has 1 atom stereocenters. The van der Waals surface area contributed by atoms with Gasteiger partial charge in [-0.2, -0.15) is 0 Å². The lowest BCUT2D eigenvalue weighted by atomic mass is 9.88. The Morgan fingerprint density at radius 3 is 2.68 bits per heavy atom. The summed E-state index contributed by atoms with van der Waals surface area (Å²) in [5, 5.41) is 0. The van der Waals surface area contributed by atoms with Gasteiger partial charge >= 0.3 is 0 Å². The van der Waals surface area contributed by atoms with E-state index in [2.05, 4.69) is 14.8 Å². The predicted molar refractivity (Wildman–Crippen MR) is 92.8 cm³/mol. The second kappa shape index (κ2) is 7.66. The van der Waals surface area contributed by atoms with E-state index in [0.29, 0.717) is 12.6 Å². The maximum atomic E-state index is 13.8. The van der Waals surface area contributed by atoms with Crippen LogP contribution in [0.2, 0.25) is 0 Å². The lowest BCUT2D eigenvalue weighted by molar-refractivity contribution is -0.0899. The number of aromatic nitrogens is 1. The summed E-state index contributed by atoms with van der Waals surface area (Å²) in [6.07, 6.45) is 7.77. The number of pyridine rings is 1. The van der Waals surface area contributed by atoms with Gasteiger partial charge < -0.3 is 9.47 Å². The standard InChI is InChI=1S/C19H28FN3O2/c20-18-13-21-6-2-16(18)14-22-7-4-19(5-8-22)3-1-17(25-19)15-23-9-11-24-12-10-23/h2,6,13,17H,1,3-5,7-12,14-15H2. The van der Waals surface area contributed by atoms with Gasteiger partial charge in [-0.15, -0.1) is 0 Å². The summed E-state index contributed by atoms with van der Waals surface area (Å²) in [5.41, 5.74) is 0.799. The highest BCUT2D eigenvalue weighted by molar-refractivity contribution is 5.12. The number of piperidine rings is 1. The molecule has 6 heteroatoms. The molecule has 0 amide bonds. The van der Waals surface area contributed by atoms with Gasteiger partial charge in [-0.25, -0.2) is 4.39 Å². The summed E-state index contributed by atoms with van der Waals surface area (Å²) in [5.74, 6) is -0.203. The van der Waals surface area contributed by atoms with Crippen LogP contribution in [0, 0.1) is 5.82 Å². The molecule has 138 valence electrons. The highest BCUT2D eigenvalue weighted by atomic mass is 19.1. The summed E-state index contributed by atoms with van der Waals surface area (Å²) in [6, 6.07) is 1.78. The molecule has 0 N–H and O–H groups in total. The average Bonchev–Trinajstić information content (AvgIpc) is 3.02. The van der Waals surface area contributed by atoms with E-state index in [1.807, 2.05) is 0 Å². The number of halogens is 1. The van der Waals surface area contributed by atoms with E-state index in [0.717, 1.165) is 70.8 Å². The van der Waals surface area contributed by atoms with E-state index in [-0.39, 0.29) is 11.4 Å². The van der Waals surface area contributed by atoms with E-state index >= 15 is 0 Å². The van der Waals surface area contributed by atoms with Gasteiger partial charge in [0.1, 0.15) is 5.82 Å². The Morgan fingerprint density at radius 1 is 1.12 bits per heavy atom. The monoisotopic (exact) mass is 349 g/mol. The first kappa shape index (κ1) is 17.3. The number of hydrogen-bond donors (Lipinski definition) is 0. The maximum Gasteiger partial charge on any atom is 0.145 e. The Balaban J connectivity index is 1.26. The molecular weight excluding hydrogens is 321 g/mol. The molecule has 3 fully saturated rings. The Morgan fingerprint density at radius 2 is 1.92 bits per heavy atom. The fraction of sp³-hybridized carbons (Fsp3) is 0.737. The third-order valence-electron chi connectivity index (χ3n) is 5.92. The van der Waals surface area contributed by atoms with Gasteiger partial charge in [0.05, 0.1) is 31.1 Å². The van der Waals surface area contributed by atoms with Crippen molar-refractivity contribution in [1.82, 2.24) is 14.8 Å². The van der Waals surface area contributed by atoms with Crippen molar-refractivity contribution in [2.75, 3.05) is 45.9 Å². The van der Waals surface area contributed by atoms with E-state index in [1.165, 1.54) is 12.6 Å². The molecule has 1 aromatic rings. The first-order chi connectivity index (χ1) is 12.2. The first-order valence-corrected chi connectivity index (χ1v) is 9.51. The van der Waals surface area contributed by atoms with Crippen molar-refractivity contribution in [3.63, 3.8) is 0 Å². The summed E-state index contributed by atoms with van der Waals surface area (Å²) in [4.78, 5) is 8.63. The van der Waals surface area contributed by atoms with Crippen LogP contribution in [0.1, 0.15) is 31.2 Å². The number of nitrogens with zero attached hydrogens (tertiary/aromatic N) is 3. The molecule has 1 aromatic heterocycles. The van der Waals surface area contributed by atoms with Crippen molar-refractivity contribution >= 4 is 0 Å². The zero-order chi connectivity index (χ0) is 17.1. The van der Waals surface area contributed by atoms with Crippen LogP contribution in [-0.2, 0) is 16.0 Å². The van der Waals surface area contributed by atoms with Crippen molar-refractivity contribution in [2.45, 2.75) is 43.9 Å². The Labute approximate surface area is 149 Å². The van der Waals surface area contributed by atoms with Crippen LogP contribution in [0.4, 0.5) is 4.39 Å². The quantitative estimate of drug-likeness (QED) is 0.832. The lowest BCUT2D eigenvalue weighted by Gasteiger charge is -2.39. The van der Waals surface area contributed by atoms with E-state index < -0.39 is 0 Å². The minimum Gasteiger partial charge on any atom is -0.379 e. The van der Waals surface area contributed by atoms with E-state index in [9.17, 15) is 4.39 Å². The summed E-state index contributed by atoms with van der Waals surface area (Å²) in [7, 11) is 0. The fourth-order valence-electron chi connectivity index (χ4n) is 4.36. The highest BCUT2D eigenvalue weighted by Gasteiger charge is 2.42. The van der Waals surface area contributed by atoms with Gasteiger partial charge in [-0.1, -0.05) is 0 Å². The van der Waals surface area contributed by atoms with Gasteiger partial charge in [0.2, 0.25) is 0 Å². The molecular formula is C19H28FN3O2. The molecule has 4 rings (SSSR count). The molecule has 4 heterocycles. The highest BCUT2D eigenvalue weighted by Crippen LogP contribution is 2.39. The van der Waals surface area contributed by atoms with E-state index in [4.69, 9.17) is 9.47 Å². The largest absolute Gasteiger partial charge is 0.379 e. The minimum absolute atomic E-state index is 0.0598. The van der Waals surface area contributed by atoms with Crippen LogP contribution in [0.5, 0.6) is 0 Å². The van der Waals surface area contributed by atoms with Gasteiger partial charge in [-0.3, -0.25) is 14.8 Å². The van der Waals surface area contributed by atoms with Crippen LogP contribution in [-0.4, -0.2) is 72.4 Å². The van der Waals surface area contributed by atoms with Crippen molar-refractivity contribution < 1.29 is 13.9 Å². The van der Waals surface area contributed by atoms with Gasteiger partial charge in [0.15, 0.2) is 0 Å². The van der Waals surface area contributed by atoms with Crippen LogP contribution < -0.4 is 0 Å². The summed E-state index contributed by atoms with van der Waals surface area (Å²) in [6.45, 7) is 7.41. The van der Waals surface area contributed by atoms with Gasteiger partial charge in [0.25, 0.3) is 0 Å². The van der Waals surface area contributed by atoms with Crippen LogP contribution in [0.3, 0.4) is 0 Å². The number of morpholine rings is 1. The molecule has 1 spiro atoms. The molecule has 5 nitrogen and oxygen atoms in total. The molecule has 0 saturated carbocycles. The Hall–Kier alpha value is -1.08. The van der Waals surface area contributed by atoms with Crippen molar-refractivity contribution in [2.24, 2.45) is 0 Å². The van der Waals surface area contributed by atoms with Crippen molar-refractivity contribution in [1.29, 1.82) is 0 Å². The van der Waals surface area contributed by atoms with Crippen molar-refractivity contribution in [3.05, 3.63) is 29.8 Å². The third-order valence-corrected chi connectivity index (χ3v) is 5.92. The second-order valence-corrected chi connectivity index (χ2v) is 7.62. The smallest absolute Gasteiger partial charge is 0.145 e. The first-order valence-electron chi connectivity index (χ1n) is 9.51. The van der Waals surface area contributed by atoms with Crippen molar-refractivity contribution in [3.8, 4) is 0 Å². The van der Waals surface area contributed by atoms with Gasteiger partial charge in [0, 0.05) is 51.0 Å². The van der Waals surface area contributed by atoms with Crippen LogP contribution >= 0.6 is 0 Å². The zero-order valence-electron chi connectivity index (χ0n) is 14.8. The molecule has 0 aliphatic carbocycles. The van der Waals surface area contributed by atoms with Crippen LogP contribution in [0.25, 0.3) is 0 Å². The molecule has 0 radical (unpaired) electrons. The molecule has 3 aliphatic rings. The second-order valence-electron chi connectivity index (χ2n) is 7.62. The number of hydrogen-bond acceptors (Lipinski definition) is 5. The van der Waals surface area contributed by atoms with E-state index in [1.54, 1.807) is 12.3 Å². The molecule has 0 bridgehead atoms. The molecule has 3 aliphatic heterocycles. The summed E-state index contributed by atoms with van der Waals surface area (Å²) >= 11 is 0. The lowest BCUT2D eigenvalue weighted by Crippen LogP contribution is -2.45. The molecule has 25 heavy (non-hydrogen) atoms. The fourth-order valence-corrected chi connectivity index (χ4v) is 4.36. The number of rotatable bonds is 4. The van der Waals surface area contributed by atoms with Crippen LogP contribution in [0.15, 0.2) is 18.5 Å². The number of ether oxygens (including phenoxy) is 2. The molecule has 1 unspecified atom stereocenters. The van der Waals surface area contributed by atoms with Gasteiger partial charge in [-0.05, 0) is 31.7 Å². The SMILES string of the molecule is Fc1cnccc1CN1CCC2(CCC(CN3CCOCC3)O2)CC1. The average molecular weight is 349 g/mol. The predicted octanol–water partition coefficient (Wildman–Crippen LogP) is 2.07. The summed E-state index contributed by atoms with van der Waals surface area (Å²) < 4.78 is 25.7. The Bertz CT molecular complexity index is 572. The topological polar surface area (TPSA) is 37.8 Å². The minimum atomic E-state index is -0.203. The third kappa shape index (κ3) is 4.19.